The zero-order chi connectivity index (χ0) is 10.9. The summed E-state index contributed by atoms with van der Waals surface area (Å²) in [4.78, 5) is 0.384. The van der Waals surface area contributed by atoms with Crippen LogP contribution in [-0.4, -0.2) is 0 Å². The maximum atomic E-state index is 12.4. The molecule has 0 radical (unpaired) electrons. The average Bonchev–Trinajstić information content (AvgIpc) is 2.07. The van der Waals surface area contributed by atoms with E-state index in [1.165, 1.54) is 13.0 Å². The highest BCUT2D eigenvalue weighted by atomic mass is 32.1. The van der Waals surface area contributed by atoms with Crippen LogP contribution in [0.4, 0.5) is 13.2 Å². The Hall–Kier alpha value is -1.15. The lowest BCUT2D eigenvalue weighted by molar-refractivity contribution is -0.137. The Morgan fingerprint density at radius 1 is 1.36 bits per heavy atom. The average molecular weight is 217 g/mol. The molecule has 0 heterocycles. The molecule has 5 heteroatoms. The summed E-state index contributed by atoms with van der Waals surface area (Å²) in [7, 11) is 0. The van der Waals surface area contributed by atoms with Gasteiger partial charge in [0, 0.05) is 4.90 Å². The minimum atomic E-state index is -4.49. The van der Waals surface area contributed by atoms with E-state index >= 15 is 0 Å². The summed E-state index contributed by atoms with van der Waals surface area (Å²) >= 11 is 3.95. The molecule has 0 saturated heterocycles. The van der Waals surface area contributed by atoms with Crippen LogP contribution in [0.5, 0.6) is 0 Å². The number of hydrogen-bond acceptors (Lipinski definition) is 2. The van der Waals surface area contributed by atoms with Crippen LogP contribution in [-0.2, 0) is 6.18 Å². The molecule has 1 nitrogen and oxygen atoms in total. The summed E-state index contributed by atoms with van der Waals surface area (Å²) in [6.07, 6.45) is -4.49. The molecule has 0 atom stereocenters. The van der Waals surface area contributed by atoms with Crippen molar-refractivity contribution >= 4 is 12.6 Å². The predicted octanol–water partition coefficient (Wildman–Crippen LogP) is 3.17. The number of halogens is 3. The van der Waals surface area contributed by atoms with E-state index < -0.39 is 17.3 Å². The summed E-state index contributed by atoms with van der Waals surface area (Å²) in [6, 6.07) is 3.56. The van der Waals surface area contributed by atoms with Gasteiger partial charge in [0.25, 0.3) is 0 Å². The van der Waals surface area contributed by atoms with E-state index in [-0.39, 0.29) is 0 Å². The number of alkyl halides is 3. The fourth-order valence-corrected chi connectivity index (χ4v) is 1.22. The van der Waals surface area contributed by atoms with Crippen LogP contribution in [0.25, 0.3) is 0 Å². The van der Waals surface area contributed by atoms with Crippen LogP contribution in [0.2, 0.25) is 0 Å². The molecule has 0 aromatic heterocycles. The Balaban J connectivity index is 3.45. The molecular weight excluding hydrogens is 211 g/mol. The van der Waals surface area contributed by atoms with Crippen LogP contribution < -0.4 is 0 Å². The molecule has 14 heavy (non-hydrogen) atoms. The summed E-state index contributed by atoms with van der Waals surface area (Å²) < 4.78 is 37.1. The van der Waals surface area contributed by atoms with Crippen molar-refractivity contribution in [2.75, 3.05) is 0 Å². The molecule has 0 aliphatic carbocycles. The minimum Gasteiger partial charge on any atom is -0.192 e. The lowest BCUT2D eigenvalue weighted by Gasteiger charge is -2.10. The number of thiol groups is 1. The van der Waals surface area contributed by atoms with Crippen molar-refractivity contribution in [3.05, 3.63) is 28.8 Å². The van der Waals surface area contributed by atoms with E-state index in [9.17, 15) is 13.2 Å². The molecule has 0 aliphatic rings. The van der Waals surface area contributed by atoms with E-state index in [4.69, 9.17) is 5.26 Å². The van der Waals surface area contributed by atoms with E-state index in [0.717, 1.165) is 12.1 Å². The molecule has 0 aliphatic heterocycles. The van der Waals surface area contributed by atoms with Crippen LogP contribution in [0.3, 0.4) is 0 Å². The van der Waals surface area contributed by atoms with Crippen molar-refractivity contribution < 1.29 is 13.2 Å². The Bertz CT molecular complexity index is 404. The first kappa shape index (κ1) is 10.9. The van der Waals surface area contributed by atoms with Gasteiger partial charge in [-0.2, -0.15) is 18.4 Å². The predicted molar refractivity (Wildman–Crippen MR) is 48.1 cm³/mol. The maximum absolute atomic E-state index is 12.4. The van der Waals surface area contributed by atoms with Gasteiger partial charge in [-0.1, -0.05) is 0 Å². The maximum Gasteiger partial charge on any atom is 0.417 e. The van der Waals surface area contributed by atoms with Gasteiger partial charge in [0.15, 0.2) is 0 Å². The highest BCUT2D eigenvalue weighted by molar-refractivity contribution is 7.80. The van der Waals surface area contributed by atoms with Crippen LogP contribution >= 0.6 is 12.6 Å². The second kappa shape index (κ2) is 3.54. The molecule has 1 aromatic rings. The molecular formula is C9H6F3NS. The quantitative estimate of drug-likeness (QED) is 0.663. The SMILES string of the molecule is Cc1cc(C(F)(F)F)c(C#N)cc1S. The number of hydrogen-bond donors (Lipinski definition) is 1. The molecule has 0 bridgehead atoms. The lowest BCUT2D eigenvalue weighted by atomic mass is 10.1. The summed E-state index contributed by atoms with van der Waals surface area (Å²) in [5.41, 5.74) is -0.900. The van der Waals surface area contributed by atoms with Gasteiger partial charge < -0.3 is 0 Å². The number of rotatable bonds is 0. The minimum absolute atomic E-state index is 0.384. The Morgan fingerprint density at radius 2 is 1.93 bits per heavy atom. The van der Waals surface area contributed by atoms with E-state index in [1.54, 1.807) is 0 Å². The third-order valence-corrected chi connectivity index (χ3v) is 2.24. The lowest BCUT2D eigenvalue weighted by Crippen LogP contribution is -2.08. The zero-order valence-corrected chi connectivity index (χ0v) is 8.08. The van der Waals surface area contributed by atoms with Crippen molar-refractivity contribution in [2.45, 2.75) is 18.0 Å². The highest BCUT2D eigenvalue weighted by Gasteiger charge is 2.33. The molecule has 0 fully saturated rings. The number of benzene rings is 1. The van der Waals surface area contributed by atoms with Gasteiger partial charge in [0.1, 0.15) is 0 Å². The first-order valence-electron chi connectivity index (χ1n) is 3.67. The zero-order valence-electron chi connectivity index (χ0n) is 7.18. The second-order valence-electron chi connectivity index (χ2n) is 2.79. The van der Waals surface area contributed by atoms with Crippen molar-refractivity contribution in [1.29, 1.82) is 5.26 Å². The smallest absolute Gasteiger partial charge is 0.192 e. The largest absolute Gasteiger partial charge is 0.417 e. The number of nitriles is 1. The highest BCUT2D eigenvalue weighted by Crippen LogP contribution is 2.33. The Labute approximate surface area is 84.6 Å². The van der Waals surface area contributed by atoms with E-state index in [0.29, 0.717) is 10.5 Å². The van der Waals surface area contributed by atoms with Crippen molar-refractivity contribution in [1.82, 2.24) is 0 Å². The standard InChI is InChI=1S/C9H6F3NS/c1-5-2-7(9(10,11)12)6(4-13)3-8(5)14/h2-3,14H,1H3. The van der Waals surface area contributed by atoms with Crippen molar-refractivity contribution in [2.24, 2.45) is 0 Å². The van der Waals surface area contributed by atoms with Gasteiger partial charge in [-0.05, 0) is 24.6 Å². The van der Waals surface area contributed by atoms with Crippen LogP contribution in [0.15, 0.2) is 17.0 Å². The molecule has 0 saturated carbocycles. The molecule has 1 rings (SSSR count). The van der Waals surface area contributed by atoms with Gasteiger partial charge in [-0.25, -0.2) is 0 Å². The van der Waals surface area contributed by atoms with Gasteiger partial charge in [-0.3, -0.25) is 0 Å². The fraction of sp³-hybridized carbons (Fsp3) is 0.222. The molecule has 0 unspecified atom stereocenters. The number of aryl methyl sites for hydroxylation is 1. The summed E-state index contributed by atoms with van der Waals surface area (Å²) in [5, 5.41) is 8.51. The Morgan fingerprint density at radius 3 is 2.36 bits per heavy atom. The molecule has 0 amide bonds. The van der Waals surface area contributed by atoms with E-state index in [2.05, 4.69) is 12.6 Å². The topological polar surface area (TPSA) is 23.8 Å². The van der Waals surface area contributed by atoms with Gasteiger partial charge >= 0.3 is 6.18 Å². The Kier molecular flexibility index (Phi) is 2.76. The molecule has 74 valence electrons. The second-order valence-corrected chi connectivity index (χ2v) is 3.28. The van der Waals surface area contributed by atoms with Gasteiger partial charge in [-0.15, -0.1) is 12.6 Å². The fourth-order valence-electron chi connectivity index (χ4n) is 1.02. The third-order valence-electron chi connectivity index (χ3n) is 1.76. The monoisotopic (exact) mass is 217 g/mol. The van der Waals surface area contributed by atoms with E-state index in [1.807, 2.05) is 0 Å². The molecule has 0 spiro atoms. The normalized spacial score (nSPS) is 11.1. The third kappa shape index (κ3) is 2.02. The number of nitrogens with zero attached hydrogens (tertiary/aromatic N) is 1. The van der Waals surface area contributed by atoms with Crippen molar-refractivity contribution in [3.63, 3.8) is 0 Å². The van der Waals surface area contributed by atoms with Gasteiger partial charge in [0.2, 0.25) is 0 Å². The molecule has 0 N–H and O–H groups in total. The molecule has 1 aromatic carbocycles. The summed E-state index contributed by atoms with van der Waals surface area (Å²) in [6.45, 7) is 1.51. The van der Waals surface area contributed by atoms with Crippen LogP contribution in [0.1, 0.15) is 16.7 Å². The van der Waals surface area contributed by atoms with Crippen LogP contribution in [0, 0.1) is 18.3 Å². The van der Waals surface area contributed by atoms with Crippen molar-refractivity contribution in [3.8, 4) is 6.07 Å². The van der Waals surface area contributed by atoms with Gasteiger partial charge in [0.05, 0.1) is 17.2 Å². The first-order valence-corrected chi connectivity index (χ1v) is 4.12. The summed E-state index contributed by atoms with van der Waals surface area (Å²) in [5.74, 6) is 0. The first-order chi connectivity index (χ1) is 6.36.